The third-order valence-electron chi connectivity index (χ3n) is 13.0. The van der Waals surface area contributed by atoms with Crippen LogP contribution in [-0.4, -0.2) is 96.0 Å². The number of carbonyl (C=O) groups is 2. The highest BCUT2D eigenvalue weighted by Crippen LogP contribution is 2.24. The van der Waals surface area contributed by atoms with E-state index in [2.05, 4.69) is 38.2 Å². The second kappa shape index (κ2) is 45.0. The summed E-state index contributed by atoms with van der Waals surface area (Å²) in [5, 5.41) is 31.0. The number of ether oxygens (including phenoxy) is 4. The van der Waals surface area contributed by atoms with Gasteiger partial charge in [-0.1, -0.05) is 224 Å². The van der Waals surface area contributed by atoms with Gasteiger partial charge in [0.15, 0.2) is 12.4 Å². The quantitative estimate of drug-likeness (QED) is 0.0196. The first-order chi connectivity index (χ1) is 33.0. The number of hydrogen-bond donors (Lipinski definition) is 4. The zero-order valence-electron chi connectivity index (χ0n) is 43.2. The Kier molecular flexibility index (Phi) is 42.5. The lowest BCUT2D eigenvalue weighted by molar-refractivity contribution is -0.297. The van der Waals surface area contributed by atoms with Gasteiger partial charge in [-0.05, 0) is 44.9 Å². The molecule has 1 saturated heterocycles. The van der Waals surface area contributed by atoms with Crippen LogP contribution in [0.5, 0.6) is 0 Å². The summed E-state index contributed by atoms with van der Waals surface area (Å²) >= 11 is 0. The van der Waals surface area contributed by atoms with Gasteiger partial charge in [0.1, 0.15) is 36.8 Å². The van der Waals surface area contributed by atoms with Gasteiger partial charge in [0.05, 0.1) is 6.61 Å². The normalized spacial score (nSPS) is 19.3. The molecule has 0 aromatic carbocycles. The van der Waals surface area contributed by atoms with E-state index in [4.69, 9.17) is 18.9 Å². The second-order valence-corrected chi connectivity index (χ2v) is 21.1. The first-order valence-corrected chi connectivity index (χ1v) is 29.5. The van der Waals surface area contributed by atoms with Crippen molar-refractivity contribution in [3.05, 3.63) is 24.3 Å². The fourth-order valence-electron chi connectivity index (χ4n) is 8.71. The average Bonchev–Trinajstić information content (AvgIpc) is 3.31. The van der Waals surface area contributed by atoms with Crippen LogP contribution in [0.4, 0.5) is 0 Å². The van der Waals surface area contributed by atoms with Crippen LogP contribution in [0.15, 0.2) is 24.3 Å². The molecule has 1 aliphatic heterocycles. The molecule has 6 atom stereocenters. The molecule has 1 fully saturated rings. The molecule has 68 heavy (non-hydrogen) atoms. The van der Waals surface area contributed by atoms with Gasteiger partial charge in [0.2, 0.25) is 0 Å². The molecule has 1 rings (SSSR count). The van der Waals surface area contributed by atoms with Crippen LogP contribution in [-0.2, 0) is 38.7 Å². The van der Waals surface area contributed by atoms with E-state index in [0.717, 1.165) is 57.8 Å². The Morgan fingerprint density at radius 1 is 0.500 bits per heavy atom. The van der Waals surface area contributed by atoms with Crippen LogP contribution in [0.3, 0.4) is 0 Å². The summed E-state index contributed by atoms with van der Waals surface area (Å²) in [5.74, 6) is -1.98. The Morgan fingerprint density at radius 3 is 1.32 bits per heavy atom. The number of esters is 2. The summed E-state index contributed by atoms with van der Waals surface area (Å²) in [6.45, 7) is 3.78. The molecule has 0 amide bonds. The molecule has 0 bridgehead atoms. The van der Waals surface area contributed by atoms with Crippen LogP contribution in [0.2, 0.25) is 0 Å². The van der Waals surface area contributed by atoms with Gasteiger partial charge in [-0.15, -0.1) is 0 Å². The molecule has 0 aromatic heterocycles. The van der Waals surface area contributed by atoms with E-state index in [1.807, 2.05) is 0 Å². The van der Waals surface area contributed by atoms with Crippen LogP contribution in [0, 0.1) is 0 Å². The zero-order chi connectivity index (χ0) is 49.8. The number of hydrogen-bond acceptors (Lipinski definition) is 11. The van der Waals surface area contributed by atoms with Gasteiger partial charge >= 0.3 is 11.9 Å². The van der Waals surface area contributed by atoms with Crippen LogP contribution in [0.25, 0.3) is 0 Å². The van der Waals surface area contributed by atoms with Gasteiger partial charge < -0.3 is 34.3 Å². The summed E-state index contributed by atoms with van der Waals surface area (Å²) in [6.07, 6.45) is 43.6. The van der Waals surface area contributed by atoms with E-state index >= 15 is 0 Å². The summed E-state index contributed by atoms with van der Waals surface area (Å²) < 4.78 is 54.3. The van der Waals surface area contributed by atoms with Crippen molar-refractivity contribution >= 4 is 22.1 Å². The highest BCUT2D eigenvalue weighted by atomic mass is 32.2. The fourth-order valence-corrected chi connectivity index (χ4v) is 9.40. The monoisotopic (exact) mass is 987 g/mol. The first kappa shape index (κ1) is 64.1. The van der Waals surface area contributed by atoms with E-state index < -0.39 is 71.2 Å². The van der Waals surface area contributed by atoms with Crippen molar-refractivity contribution in [2.24, 2.45) is 0 Å². The summed E-state index contributed by atoms with van der Waals surface area (Å²) in [5.41, 5.74) is 0. The molecule has 0 aromatic rings. The third kappa shape index (κ3) is 38.8. The maximum Gasteiger partial charge on any atom is 0.306 e. The van der Waals surface area contributed by atoms with Gasteiger partial charge in [-0.2, -0.15) is 8.42 Å². The Hall–Kier alpha value is -1.87. The van der Waals surface area contributed by atoms with Gasteiger partial charge in [0, 0.05) is 12.8 Å². The summed E-state index contributed by atoms with van der Waals surface area (Å²) in [7, 11) is -4.61. The number of rotatable bonds is 48. The van der Waals surface area contributed by atoms with E-state index in [-0.39, 0.29) is 19.4 Å². The topological polar surface area (TPSA) is 186 Å². The van der Waals surface area contributed by atoms with E-state index in [9.17, 15) is 37.9 Å². The van der Waals surface area contributed by atoms with Crippen molar-refractivity contribution < 1.29 is 56.8 Å². The Bertz CT molecular complexity index is 1340. The summed E-state index contributed by atoms with van der Waals surface area (Å²) in [6, 6.07) is 0. The molecule has 13 heteroatoms. The number of aliphatic hydroxyl groups excluding tert-OH is 3. The molecule has 4 N–H and O–H groups in total. The van der Waals surface area contributed by atoms with Crippen molar-refractivity contribution in [3.8, 4) is 0 Å². The van der Waals surface area contributed by atoms with Crippen LogP contribution >= 0.6 is 0 Å². The molecule has 6 unspecified atom stereocenters. The minimum atomic E-state index is -4.61. The lowest BCUT2D eigenvalue weighted by Crippen LogP contribution is -2.60. The van der Waals surface area contributed by atoms with Gasteiger partial charge in [0.25, 0.3) is 10.1 Å². The number of carbonyl (C=O) groups excluding carboxylic acids is 2. The first-order valence-electron chi connectivity index (χ1n) is 27.9. The minimum absolute atomic E-state index is 0.158. The smallest absolute Gasteiger partial charge is 0.306 e. The van der Waals surface area contributed by atoms with Gasteiger partial charge in [-0.25, -0.2) is 0 Å². The fraction of sp³-hybridized carbons (Fsp3) is 0.891. The molecule has 1 aliphatic rings. The van der Waals surface area contributed by atoms with Crippen molar-refractivity contribution in [3.63, 3.8) is 0 Å². The van der Waals surface area contributed by atoms with Crippen LogP contribution in [0.1, 0.15) is 258 Å². The Labute approximate surface area is 415 Å². The Balaban J connectivity index is 2.31. The Morgan fingerprint density at radius 2 is 0.882 bits per heavy atom. The molecule has 0 saturated carbocycles. The number of allylic oxidation sites excluding steroid dienone is 4. The highest BCUT2D eigenvalue weighted by Gasteiger charge is 2.46. The van der Waals surface area contributed by atoms with E-state index in [1.165, 1.54) is 161 Å². The SMILES string of the molecule is CCCCC/C=C\C/C=C\CCCCCCCCCC(=O)OC(COC(=O)CCCCCCCCCCCCCCCCCCCCCCCCC)COC1OC(CS(=O)(=O)O)C(O)C(O)C1O. The molecule has 0 spiro atoms. The number of aliphatic hydroxyl groups is 3. The lowest BCUT2D eigenvalue weighted by Gasteiger charge is -2.40. The molecule has 400 valence electrons. The van der Waals surface area contributed by atoms with E-state index in [0.29, 0.717) is 12.8 Å². The van der Waals surface area contributed by atoms with Crippen molar-refractivity contribution in [1.82, 2.24) is 0 Å². The predicted octanol–water partition coefficient (Wildman–Crippen LogP) is 13.1. The molecule has 0 aliphatic carbocycles. The molecular weight excluding hydrogens is 885 g/mol. The maximum absolute atomic E-state index is 12.9. The number of unbranched alkanes of at least 4 members (excludes halogenated alkanes) is 32. The maximum atomic E-state index is 12.9. The summed E-state index contributed by atoms with van der Waals surface area (Å²) in [4.78, 5) is 25.6. The van der Waals surface area contributed by atoms with Crippen molar-refractivity contribution in [2.45, 2.75) is 295 Å². The minimum Gasteiger partial charge on any atom is -0.462 e. The molecular formula is C55H102O12S. The lowest BCUT2D eigenvalue weighted by atomic mass is 10.00. The molecule has 0 radical (unpaired) electrons. The molecule has 1 heterocycles. The third-order valence-corrected chi connectivity index (χ3v) is 13.8. The largest absolute Gasteiger partial charge is 0.462 e. The van der Waals surface area contributed by atoms with Crippen LogP contribution < -0.4 is 0 Å². The zero-order valence-corrected chi connectivity index (χ0v) is 44.0. The van der Waals surface area contributed by atoms with E-state index in [1.54, 1.807) is 0 Å². The average molecular weight is 987 g/mol. The predicted molar refractivity (Wildman–Crippen MR) is 275 cm³/mol. The van der Waals surface area contributed by atoms with Crippen molar-refractivity contribution in [2.75, 3.05) is 19.0 Å². The van der Waals surface area contributed by atoms with Gasteiger partial charge in [-0.3, -0.25) is 14.1 Å². The van der Waals surface area contributed by atoms with Crippen molar-refractivity contribution in [1.29, 1.82) is 0 Å². The molecule has 12 nitrogen and oxygen atoms in total. The standard InChI is InChI=1S/C55H102O12S/c1-3-5-7-9-11-13-15-17-19-21-22-23-24-25-26-28-29-31-33-35-37-39-41-43-50(56)64-45-48(46-65-55-54(60)53(59)52(58)49(67-55)47-68(61,62)63)66-51(57)44-42-40-38-36-34-32-30-27-20-18-16-14-12-10-8-6-4-2/h12,14,18,20,48-49,52-55,58-60H,3-11,13,15-17,19,21-47H2,1-2H3,(H,61,62,63)/b14-12-,20-18-. The highest BCUT2D eigenvalue weighted by molar-refractivity contribution is 7.85. The second-order valence-electron chi connectivity index (χ2n) is 19.6.